The standard InChI is InChI=1S/C15H15N3O3/c1-20-13-4-3-11(9-14(13)21-2)10-17-18-15(19)12-5-7-16-8-6-12/h3-10H,1-2H3,(H,18,19)/b17-10-. The molecule has 0 aliphatic rings. The van der Waals surface area contributed by atoms with Crippen molar-refractivity contribution >= 4 is 12.1 Å². The van der Waals surface area contributed by atoms with Crippen molar-refractivity contribution in [1.29, 1.82) is 0 Å². The highest BCUT2D eigenvalue weighted by molar-refractivity contribution is 5.94. The smallest absolute Gasteiger partial charge is 0.271 e. The minimum atomic E-state index is -0.297. The molecule has 0 radical (unpaired) electrons. The monoisotopic (exact) mass is 285 g/mol. The molecule has 6 nitrogen and oxygen atoms in total. The van der Waals surface area contributed by atoms with Gasteiger partial charge in [-0.1, -0.05) is 0 Å². The van der Waals surface area contributed by atoms with E-state index in [0.29, 0.717) is 17.1 Å². The number of nitrogens with one attached hydrogen (secondary N) is 1. The minimum Gasteiger partial charge on any atom is -0.493 e. The van der Waals surface area contributed by atoms with Gasteiger partial charge >= 0.3 is 0 Å². The number of benzene rings is 1. The van der Waals surface area contributed by atoms with E-state index in [0.717, 1.165) is 5.56 Å². The Morgan fingerprint density at radius 2 is 1.86 bits per heavy atom. The van der Waals surface area contributed by atoms with Crippen LogP contribution in [0.15, 0.2) is 47.8 Å². The summed E-state index contributed by atoms with van der Waals surface area (Å²) in [6.07, 6.45) is 4.63. The van der Waals surface area contributed by atoms with Gasteiger partial charge in [0.1, 0.15) is 0 Å². The van der Waals surface area contributed by atoms with E-state index in [1.54, 1.807) is 50.9 Å². The highest BCUT2D eigenvalue weighted by atomic mass is 16.5. The van der Waals surface area contributed by atoms with Crippen LogP contribution < -0.4 is 14.9 Å². The zero-order valence-corrected chi connectivity index (χ0v) is 11.7. The van der Waals surface area contributed by atoms with Crippen molar-refractivity contribution in [3.8, 4) is 11.5 Å². The number of hydrogen-bond acceptors (Lipinski definition) is 5. The molecule has 0 fully saturated rings. The Bertz CT molecular complexity index is 642. The number of carbonyl (C=O) groups excluding carboxylic acids is 1. The molecule has 1 aromatic heterocycles. The maximum atomic E-state index is 11.8. The fourth-order valence-corrected chi connectivity index (χ4v) is 1.67. The summed E-state index contributed by atoms with van der Waals surface area (Å²) in [4.78, 5) is 15.6. The SMILES string of the molecule is COc1ccc(/C=N\NC(=O)c2ccncc2)cc1OC. The number of pyridine rings is 1. The molecule has 1 amide bonds. The highest BCUT2D eigenvalue weighted by Gasteiger charge is 2.04. The van der Waals surface area contributed by atoms with Gasteiger partial charge in [0, 0.05) is 18.0 Å². The summed E-state index contributed by atoms with van der Waals surface area (Å²) in [6.45, 7) is 0. The van der Waals surface area contributed by atoms with Crippen LogP contribution in [0.3, 0.4) is 0 Å². The van der Waals surface area contributed by atoms with Crippen molar-refractivity contribution in [2.75, 3.05) is 14.2 Å². The second-order valence-corrected chi connectivity index (χ2v) is 4.05. The molecule has 2 aromatic rings. The first-order valence-electron chi connectivity index (χ1n) is 6.20. The van der Waals surface area contributed by atoms with Crippen molar-refractivity contribution in [2.45, 2.75) is 0 Å². The number of amides is 1. The second kappa shape index (κ2) is 7.04. The lowest BCUT2D eigenvalue weighted by molar-refractivity contribution is 0.0955. The first-order chi connectivity index (χ1) is 10.2. The zero-order chi connectivity index (χ0) is 15.1. The molecule has 108 valence electrons. The van der Waals surface area contributed by atoms with Crippen molar-refractivity contribution in [3.05, 3.63) is 53.9 Å². The number of methoxy groups -OCH3 is 2. The summed E-state index contributed by atoms with van der Waals surface area (Å²) >= 11 is 0. The van der Waals surface area contributed by atoms with Gasteiger partial charge in [-0.3, -0.25) is 9.78 Å². The third kappa shape index (κ3) is 3.79. The van der Waals surface area contributed by atoms with Crippen LogP contribution in [-0.4, -0.2) is 31.3 Å². The first-order valence-corrected chi connectivity index (χ1v) is 6.20. The van der Waals surface area contributed by atoms with Crippen molar-refractivity contribution in [3.63, 3.8) is 0 Å². The van der Waals surface area contributed by atoms with E-state index in [1.807, 2.05) is 6.07 Å². The Balaban J connectivity index is 2.03. The average molecular weight is 285 g/mol. The Labute approximate surface area is 122 Å². The maximum Gasteiger partial charge on any atom is 0.271 e. The summed E-state index contributed by atoms with van der Waals surface area (Å²) in [5.74, 6) is 0.937. The van der Waals surface area contributed by atoms with Crippen LogP contribution in [0.25, 0.3) is 0 Å². The van der Waals surface area contributed by atoms with Crippen LogP contribution in [0.5, 0.6) is 11.5 Å². The van der Waals surface area contributed by atoms with E-state index in [1.165, 1.54) is 6.21 Å². The van der Waals surface area contributed by atoms with Crippen LogP contribution in [0.2, 0.25) is 0 Å². The van der Waals surface area contributed by atoms with Crippen LogP contribution in [0.4, 0.5) is 0 Å². The third-order valence-corrected chi connectivity index (χ3v) is 2.73. The van der Waals surface area contributed by atoms with Gasteiger partial charge in [0.05, 0.1) is 20.4 Å². The molecule has 0 bridgehead atoms. The Hall–Kier alpha value is -2.89. The maximum absolute atomic E-state index is 11.8. The number of aromatic nitrogens is 1. The molecule has 1 heterocycles. The van der Waals surface area contributed by atoms with Crippen LogP contribution in [0.1, 0.15) is 15.9 Å². The third-order valence-electron chi connectivity index (χ3n) is 2.73. The van der Waals surface area contributed by atoms with Gasteiger partial charge in [0.25, 0.3) is 5.91 Å². The minimum absolute atomic E-state index is 0.297. The lowest BCUT2D eigenvalue weighted by Gasteiger charge is -2.07. The number of rotatable bonds is 5. The van der Waals surface area contributed by atoms with Gasteiger partial charge in [0.15, 0.2) is 11.5 Å². The predicted molar refractivity (Wildman–Crippen MR) is 78.8 cm³/mol. The lowest BCUT2D eigenvalue weighted by Crippen LogP contribution is -2.17. The molecule has 0 saturated heterocycles. The van der Waals surface area contributed by atoms with E-state index in [9.17, 15) is 4.79 Å². The molecule has 0 aliphatic heterocycles. The van der Waals surface area contributed by atoms with E-state index >= 15 is 0 Å². The lowest BCUT2D eigenvalue weighted by atomic mass is 10.2. The van der Waals surface area contributed by atoms with Gasteiger partial charge in [-0.25, -0.2) is 5.43 Å². The number of carbonyl (C=O) groups is 1. The topological polar surface area (TPSA) is 72.8 Å². The van der Waals surface area contributed by atoms with Gasteiger partial charge in [-0.05, 0) is 35.9 Å². The summed E-state index contributed by atoms with van der Waals surface area (Å²) < 4.78 is 10.3. The van der Waals surface area contributed by atoms with Gasteiger partial charge in [-0.15, -0.1) is 0 Å². The molecular formula is C15H15N3O3. The molecule has 1 N–H and O–H groups in total. The molecule has 0 spiro atoms. The number of nitrogens with zero attached hydrogens (tertiary/aromatic N) is 2. The van der Waals surface area contributed by atoms with E-state index in [2.05, 4.69) is 15.5 Å². The predicted octanol–water partition coefficient (Wildman–Crippen LogP) is 1.86. The van der Waals surface area contributed by atoms with E-state index in [-0.39, 0.29) is 5.91 Å². The number of ether oxygens (including phenoxy) is 2. The Morgan fingerprint density at radius 3 is 2.52 bits per heavy atom. The van der Waals surface area contributed by atoms with Crippen molar-refractivity contribution in [1.82, 2.24) is 10.4 Å². The molecule has 0 unspecified atom stereocenters. The fraction of sp³-hybridized carbons (Fsp3) is 0.133. The highest BCUT2D eigenvalue weighted by Crippen LogP contribution is 2.26. The Kier molecular flexibility index (Phi) is 4.87. The van der Waals surface area contributed by atoms with E-state index < -0.39 is 0 Å². The van der Waals surface area contributed by atoms with Crippen LogP contribution in [-0.2, 0) is 0 Å². The van der Waals surface area contributed by atoms with Gasteiger partial charge in [0.2, 0.25) is 0 Å². The molecule has 0 atom stereocenters. The summed E-state index contributed by atoms with van der Waals surface area (Å²) in [6, 6.07) is 8.57. The molecule has 0 aliphatic carbocycles. The van der Waals surface area contributed by atoms with Crippen molar-refractivity contribution < 1.29 is 14.3 Å². The zero-order valence-electron chi connectivity index (χ0n) is 11.7. The molecular weight excluding hydrogens is 270 g/mol. The van der Waals surface area contributed by atoms with Crippen molar-refractivity contribution in [2.24, 2.45) is 5.10 Å². The molecule has 1 aromatic carbocycles. The Morgan fingerprint density at radius 1 is 1.14 bits per heavy atom. The quantitative estimate of drug-likeness (QED) is 0.672. The molecule has 2 rings (SSSR count). The van der Waals surface area contributed by atoms with Gasteiger partial charge < -0.3 is 9.47 Å². The molecule has 6 heteroatoms. The largest absolute Gasteiger partial charge is 0.493 e. The number of hydrazone groups is 1. The van der Waals surface area contributed by atoms with Crippen LogP contribution in [0, 0.1) is 0 Å². The molecule has 0 saturated carbocycles. The molecule has 21 heavy (non-hydrogen) atoms. The first kappa shape index (κ1) is 14.5. The normalized spacial score (nSPS) is 10.4. The summed E-state index contributed by atoms with van der Waals surface area (Å²) in [7, 11) is 3.13. The fourth-order valence-electron chi connectivity index (χ4n) is 1.67. The van der Waals surface area contributed by atoms with Gasteiger partial charge in [-0.2, -0.15) is 5.10 Å². The summed E-state index contributed by atoms with van der Waals surface area (Å²) in [5.41, 5.74) is 3.72. The van der Waals surface area contributed by atoms with E-state index in [4.69, 9.17) is 9.47 Å². The second-order valence-electron chi connectivity index (χ2n) is 4.05. The van der Waals surface area contributed by atoms with Crippen LogP contribution >= 0.6 is 0 Å². The number of hydrogen-bond donors (Lipinski definition) is 1. The summed E-state index contributed by atoms with van der Waals surface area (Å²) in [5, 5.41) is 3.91. The average Bonchev–Trinajstić information content (AvgIpc) is 2.55.